The van der Waals surface area contributed by atoms with Crippen LogP contribution in [0.25, 0.3) is 0 Å². The first-order valence-electron chi connectivity index (χ1n) is 7.51. The second-order valence-corrected chi connectivity index (χ2v) is 5.42. The van der Waals surface area contributed by atoms with Gasteiger partial charge in [0.1, 0.15) is 11.6 Å². The Balaban J connectivity index is 1.40. The van der Waals surface area contributed by atoms with Gasteiger partial charge in [-0.15, -0.1) is 0 Å². The SMILES string of the molecule is Fc1cccc(CCNCCc2ccc3c(c2)CCO3)c1. The summed E-state index contributed by atoms with van der Waals surface area (Å²) in [4.78, 5) is 0. The van der Waals surface area contributed by atoms with Crippen LogP contribution in [-0.2, 0) is 19.3 Å². The van der Waals surface area contributed by atoms with Gasteiger partial charge in [0.15, 0.2) is 0 Å². The van der Waals surface area contributed by atoms with E-state index >= 15 is 0 Å². The standard InChI is InChI=1S/C18H20FNO/c19-17-3-1-2-14(13-17)6-9-20-10-7-15-4-5-18-16(12-15)8-11-21-18/h1-5,12-13,20H,6-11H2. The molecule has 0 atom stereocenters. The summed E-state index contributed by atoms with van der Waals surface area (Å²) in [6.45, 7) is 2.62. The predicted octanol–water partition coefficient (Wildman–Crippen LogP) is 3.14. The molecule has 0 unspecified atom stereocenters. The van der Waals surface area contributed by atoms with E-state index in [0.717, 1.165) is 50.3 Å². The lowest BCUT2D eigenvalue weighted by Crippen LogP contribution is -2.20. The number of fused-ring (bicyclic) bond motifs is 1. The lowest BCUT2D eigenvalue weighted by Gasteiger charge is -2.07. The van der Waals surface area contributed by atoms with Crippen molar-refractivity contribution in [2.75, 3.05) is 19.7 Å². The molecule has 0 aliphatic carbocycles. The molecule has 1 N–H and O–H groups in total. The average Bonchev–Trinajstić information content (AvgIpc) is 2.94. The molecule has 0 radical (unpaired) electrons. The average molecular weight is 285 g/mol. The van der Waals surface area contributed by atoms with Crippen molar-refractivity contribution < 1.29 is 9.13 Å². The van der Waals surface area contributed by atoms with Gasteiger partial charge < -0.3 is 10.1 Å². The highest BCUT2D eigenvalue weighted by Crippen LogP contribution is 2.25. The van der Waals surface area contributed by atoms with Gasteiger partial charge in [-0.1, -0.05) is 24.3 Å². The maximum atomic E-state index is 13.0. The number of nitrogens with one attached hydrogen (secondary N) is 1. The Morgan fingerprint density at radius 1 is 1.00 bits per heavy atom. The van der Waals surface area contributed by atoms with E-state index < -0.39 is 0 Å². The molecule has 0 saturated carbocycles. The van der Waals surface area contributed by atoms with Crippen LogP contribution >= 0.6 is 0 Å². The van der Waals surface area contributed by atoms with E-state index in [9.17, 15) is 4.39 Å². The Bertz CT molecular complexity index is 612. The van der Waals surface area contributed by atoms with Crippen molar-refractivity contribution in [3.8, 4) is 5.75 Å². The van der Waals surface area contributed by atoms with Crippen LogP contribution in [0.5, 0.6) is 5.75 Å². The summed E-state index contributed by atoms with van der Waals surface area (Å²) in [5.74, 6) is 0.880. The maximum Gasteiger partial charge on any atom is 0.123 e. The van der Waals surface area contributed by atoms with E-state index in [1.54, 1.807) is 12.1 Å². The number of hydrogen-bond acceptors (Lipinski definition) is 2. The van der Waals surface area contributed by atoms with Crippen molar-refractivity contribution in [3.63, 3.8) is 0 Å². The van der Waals surface area contributed by atoms with Gasteiger partial charge >= 0.3 is 0 Å². The minimum Gasteiger partial charge on any atom is -0.493 e. The van der Waals surface area contributed by atoms with E-state index in [4.69, 9.17) is 4.74 Å². The maximum absolute atomic E-state index is 13.0. The summed E-state index contributed by atoms with van der Waals surface area (Å²) in [6.07, 6.45) is 2.89. The van der Waals surface area contributed by atoms with Gasteiger partial charge in [0.25, 0.3) is 0 Å². The predicted molar refractivity (Wildman–Crippen MR) is 82.3 cm³/mol. The van der Waals surface area contributed by atoms with Crippen LogP contribution < -0.4 is 10.1 Å². The quantitative estimate of drug-likeness (QED) is 0.823. The lowest BCUT2D eigenvalue weighted by atomic mass is 10.1. The lowest BCUT2D eigenvalue weighted by molar-refractivity contribution is 0.357. The first-order valence-corrected chi connectivity index (χ1v) is 7.51. The van der Waals surface area contributed by atoms with Crippen LogP contribution in [0.15, 0.2) is 42.5 Å². The Labute approximate surface area is 125 Å². The number of benzene rings is 2. The van der Waals surface area contributed by atoms with Gasteiger partial charge in [-0.25, -0.2) is 4.39 Å². The highest BCUT2D eigenvalue weighted by molar-refractivity contribution is 5.39. The zero-order chi connectivity index (χ0) is 14.5. The fourth-order valence-corrected chi connectivity index (χ4v) is 2.68. The van der Waals surface area contributed by atoms with Crippen LogP contribution in [0, 0.1) is 5.82 Å². The van der Waals surface area contributed by atoms with Crippen molar-refractivity contribution in [1.29, 1.82) is 0 Å². The second kappa shape index (κ2) is 6.72. The van der Waals surface area contributed by atoms with Crippen LogP contribution in [0.1, 0.15) is 16.7 Å². The number of rotatable bonds is 6. The number of hydrogen-bond donors (Lipinski definition) is 1. The normalized spacial score (nSPS) is 13.0. The first kappa shape index (κ1) is 14.1. The molecule has 3 heteroatoms. The molecule has 0 fully saturated rings. The topological polar surface area (TPSA) is 21.3 Å². The molecular formula is C18H20FNO. The molecule has 0 saturated heterocycles. The zero-order valence-corrected chi connectivity index (χ0v) is 12.1. The minimum atomic E-state index is -0.159. The summed E-state index contributed by atoms with van der Waals surface area (Å²) >= 11 is 0. The fraction of sp³-hybridized carbons (Fsp3) is 0.333. The Morgan fingerprint density at radius 3 is 2.62 bits per heavy atom. The van der Waals surface area contributed by atoms with Gasteiger partial charge in [-0.3, -0.25) is 0 Å². The Hall–Kier alpha value is -1.87. The number of ether oxygens (including phenoxy) is 1. The largest absolute Gasteiger partial charge is 0.493 e. The summed E-state index contributed by atoms with van der Waals surface area (Å²) in [5.41, 5.74) is 3.71. The van der Waals surface area contributed by atoms with Crippen molar-refractivity contribution >= 4 is 0 Å². The van der Waals surface area contributed by atoms with Gasteiger partial charge in [0, 0.05) is 6.42 Å². The molecule has 0 bridgehead atoms. The smallest absolute Gasteiger partial charge is 0.123 e. The van der Waals surface area contributed by atoms with E-state index in [1.165, 1.54) is 17.2 Å². The van der Waals surface area contributed by atoms with Gasteiger partial charge in [0.05, 0.1) is 6.61 Å². The van der Waals surface area contributed by atoms with E-state index in [1.807, 2.05) is 6.07 Å². The van der Waals surface area contributed by atoms with Gasteiger partial charge in [0.2, 0.25) is 0 Å². The Kier molecular flexibility index (Phi) is 4.51. The van der Waals surface area contributed by atoms with Crippen LogP contribution in [0.2, 0.25) is 0 Å². The third-order valence-electron chi connectivity index (χ3n) is 3.82. The molecule has 0 aromatic heterocycles. The zero-order valence-electron chi connectivity index (χ0n) is 12.1. The molecule has 1 aliphatic rings. The van der Waals surface area contributed by atoms with Gasteiger partial charge in [-0.2, -0.15) is 0 Å². The molecule has 3 rings (SSSR count). The third-order valence-corrected chi connectivity index (χ3v) is 3.82. The summed E-state index contributed by atoms with van der Waals surface area (Å²) in [5, 5.41) is 3.42. The van der Waals surface area contributed by atoms with E-state index in [-0.39, 0.29) is 5.82 Å². The molecule has 2 nitrogen and oxygen atoms in total. The molecule has 0 amide bonds. The highest BCUT2D eigenvalue weighted by atomic mass is 19.1. The summed E-state index contributed by atoms with van der Waals surface area (Å²) in [7, 11) is 0. The third kappa shape index (κ3) is 3.82. The van der Waals surface area contributed by atoms with Crippen LogP contribution in [0.3, 0.4) is 0 Å². The fourth-order valence-electron chi connectivity index (χ4n) is 2.68. The molecule has 2 aromatic rings. The Morgan fingerprint density at radius 2 is 1.81 bits per heavy atom. The second-order valence-electron chi connectivity index (χ2n) is 5.42. The van der Waals surface area contributed by atoms with Crippen molar-refractivity contribution in [1.82, 2.24) is 5.32 Å². The summed E-state index contributed by atoms with van der Waals surface area (Å²) < 4.78 is 18.6. The summed E-state index contributed by atoms with van der Waals surface area (Å²) in [6, 6.07) is 13.3. The molecule has 1 aliphatic heterocycles. The van der Waals surface area contributed by atoms with Crippen molar-refractivity contribution in [2.24, 2.45) is 0 Å². The number of halogens is 1. The first-order chi connectivity index (χ1) is 10.3. The van der Waals surface area contributed by atoms with Crippen molar-refractivity contribution in [3.05, 3.63) is 65.0 Å². The van der Waals surface area contributed by atoms with Crippen LogP contribution in [-0.4, -0.2) is 19.7 Å². The van der Waals surface area contributed by atoms with E-state index in [2.05, 4.69) is 23.5 Å². The monoisotopic (exact) mass is 285 g/mol. The van der Waals surface area contributed by atoms with E-state index in [0.29, 0.717) is 0 Å². The van der Waals surface area contributed by atoms with Crippen molar-refractivity contribution in [2.45, 2.75) is 19.3 Å². The molecule has 1 heterocycles. The molecule has 110 valence electrons. The minimum absolute atomic E-state index is 0.159. The molecule has 2 aromatic carbocycles. The molecule has 0 spiro atoms. The molecular weight excluding hydrogens is 265 g/mol. The van der Waals surface area contributed by atoms with Gasteiger partial charge in [-0.05, 0) is 60.8 Å². The molecule has 21 heavy (non-hydrogen) atoms. The van der Waals surface area contributed by atoms with Crippen LogP contribution in [0.4, 0.5) is 4.39 Å². The highest BCUT2D eigenvalue weighted by Gasteiger charge is 2.11.